The number of carbonyl (C=O) groups is 1. The van der Waals surface area contributed by atoms with Crippen LogP contribution in [-0.2, 0) is 15.7 Å². The van der Waals surface area contributed by atoms with E-state index in [1.54, 1.807) is 0 Å². The second-order valence-corrected chi connectivity index (χ2v) is 6.90. The van der Waals surface area contributed by atoms with Gasteiger partial charge < -0.3 is 15.0 Å². The molecule has 26 heavy (non-hydrogen) atoms. The molecule has 2 saturated heterocycles. The molecular weight excluding hydrogens is 347 g/mol. The van der Waals surface area contributed by atoms with Gasteiger partial charge in [0.15, 0.2) is 0 Å². The zero-order valence-corrected chi connectivity index (χ0v) is 14.6. The van der Waals surface area contributed by atoms with E-state index in [9.17, 15) is 18.0 Å². The van der Waals surface area contributed by atoms with Gasteiger partial charge in [0.05, 0.1) is 24.4 Å². The van der Waals surface area contributed by atoms with Crippen molar-refractivity contribution >= 4 is 11.6 Å². The molecule has 144 valence electrons. The van der Waals surface area contributed by atoms with Crippen LogP contribution in [0.2, 0.25) is 0 Å². The van der Waals surface area contributed by atoms with Gasteiger partial charge in [0.1, 0.15) is 0 Å². The Morgan fingerprint density at radius 3 is 2.50 bits per heavy atom. The van der Waals surface area contributed by atoms with Crippen molar-refractivity contribution in [2.75, 3.05) is 57.8 Å². The summed E-state index contributed by atoms with van der Waals surface area (Å²) in [7, 11) is 0. The molecule has 0 saturated carbocycles. The van der Waals surface area contributed by atoms with Crippen LogP contribution >= 0.6 is 0 Å². The minimum atomic E-state index is -4.49. The monoisotopic (exact) mass is 371 g/mol. The molecule has 3 rings (SSSR count). The third-order valence-corrected chi connectivity index (χ3v) is 4.88. The number of nitrogens with one attached hydrogen (secondary N) is 1. The van der Waals surface area contributed by atoms with E-state index in [0.717, 1.165) is 58.4 Å². The van der Waals surface area contributed by atoms with E-state index in [4.69, 9.17) is 4.74 Å². The van der Waals surface area contributed by atoms with Crippen LogP contribution in [0.3, 0.4) is 0 Å². The molecule has 2 fully saturated rings. The van der Waals surface area contributed by atoms with Gasteiger partial charge in [-0.3, -0.25) is 9.69 Å². The first-order valence-electron chi connectivity index (χ1n) is 8.90. The maximum atomic E-state index is 13.0. The van der Waals surface area contributed by atoms with E-state index in [1.807, 2.05) is 4.90 Å². The molecule has 0 aliphatic carbocycles. The second kappa shape index (κ2) is 8.37. The van der Waals surface area contributed by atoms with Gasteiger partial charge in [-0.15, -0.1) is 0 Å². The molecule has 0 radical (unpaired) electrons. The number of rotatable bonds is 5. The molecule has 0 aromatic heterocycles. The molecule has 5 nitrogen and oxygen atoms in total. The molecule has 2 aliphatic heterocycles. The smallest absolute Gasteiger partial charge is 0.381 e. The van der Waals surface area contributed by atoms with Crippen LogP contribution in [0.1, 0.15) is 12.0 Å². The summed E-state index contributed by atoms with van der Waals surface area (Å²) in [4.78, 5) is 16.5. The quantitative estimate of drug-likeness (QED) is 0.863. The number of hydrogen-bond acceptors (Lipinski definition) is 4. The SMILES string of the molecule is O=C(CN1CCN(CC2CCOC2)CC1)Nc1ccccc1C(F)(F)F. The van der Waals surface area contributed by atoms with Crippen molar-refractivity contribution in [3.8, 4) is 0 Å². The standard InChI is InChI=1S/C18H24F3N3O2/c19-18(20,21)15-3-1-2-4-16(15)22-17(25)12-24-8-6-23(7-9-24)11-14-5-10-26-13-14/h1-4,14H,5-13H2,(H,22,25). The summed E-state index contributed by atoms with van der Waals surface area (Å²) in [5, 5.41) is 2.40. The van der Waals surface area contributed by atoms with Crippen LogP contribution in [0.4, 0.5) is 18.9 Å². The van der Waals surface area contributed by atoms with Crippen molar-refractivity contribution < 1.29 is 22.7 Å². The van der Waals surface area contributed by atoms with Gasteiger partial charge in [0.2, 0.25) is 5.91 Å². The van der Waals surface area contributed by atoms with Crippen LogP contribution in [0.5, 0.6) is 0 Å². The summed E-state index contributed by atoms with van der Waals surface area (Å²) in [5.41, 5.74) is -1.01. The first kappa shape index (κ1) is 19.1. The first-order valence-corrected chi connectivity index (χ1v) is 8.90. The molecule has 1 N–H and O–H groups in total. The van der Waals surface area contributed by atoms with Crippen molar-refractivity contribution in [3.63, 3.8) is 0 Å². The number of alkyl halides is 3. The number of nitrogens with zero attached hydrogens (tertiary/aromatic N) is 2. The highest BCUT2D eigenvalue weighted by molar-refractivity contribution is 5.93. The predicted molar refractivity (Wildman–Crippen MR) is 91.9 cm³/mol. The molecule has 2 aliphatic rings. The fourth-order valence-corrected chi connectivity index (χ4v) is 3.45. The lowest BCUT2D eigenvalue weighted by Crippen LogP contribution is -2.49. The van der Waals surface area contributed by atoms with Gasteiger partial charge in [-0.1, -0.05) is 12.1 Å². The Balaban J connectivity index is 1.46. The molecule has 1 unspecified atom stereocenters. The van der Waals surface area contributed by atoms with Crippen molar-refractivity contribution in [2.45, 2.75) is 12.6 Å². The number of benzene rings is 1. The molecule has 8 heteroatoms. The van der Waals surface area contributed by atoms with Gasteiger partial charge >= 0.3 is 6.18 Å². The summed E-state index contributed by atoms with van der Waals surface area (Å²) in [6.07, 6.45) is -3.39. The summed E-state index contributed by atoms with van der Waals surface area (Å²) in [6, 6.07) is 5.05. The fraction of sp³-hybridized carbons (Fsp3) is 0.611. The number of carbonyl (C=O) groups excluding carboxylic acids is 1. The Morgan fingerprint density at radius 1 is 1.15 bits per heavy atom. The largest absolute Gasteiger partial charge is 0.418 e. The number of anilines is 1. The van der Waals surface area contributed by atoms with Crippen LogP contribution < -0.4 is 5.32 Å². The highest BCUT2D eigenvalue weighted by atomic mass is 19.4. The molecule has 2 heterocycles. The number of para-hydroxylation sites is 1. The number of amides is 1. The lowest BCUT2D eigenvalue weighted by molar-refractivity contribution is -0.137. The third kappa shape index (κ3) is 5.18. The highest BCUT2D eigenvalue weighted by Crippen LogP contribution is 2.34. The van der Waals surface area contributed by atoms with Gasteiger partial charge in [0.25, 0.3) is 0 Å². The number of hydrogen-bond donors (Lipinski definition) is 1. The molecule has 1 aromatic rings. The van der Waals surface area contributed by atoms with Crippen LogP contribution in [0.25, 0.3) is 0 Å². The van der Waals surface area contributed by atoms with Gasteiger partial charge in [-0.2, -0.15) is 13.2 Å². The summed E-state index contributed by atoms with van der Waals surface area (Å²) < 4.78 is 44.4. The van der Waals surface area contributed by atoms with Gasteiger partial charge in [0, 0.05) is 39.3 Å². The van der Waals surface area contributed by atoms with Crippen molar-refractivity contribution in [3.05, 3.63) is 29.8 Å². The molecule has 0 spiro atoms. The minimum Gasteiger partial charge on any atom is -0.381 e. The fourth-order valence-electron chi connectivity index (χ4n) is 3.45. The topological polar surface area (TPSA) is 44.8 Å². The van der Waals surface area contributed by atoms with E-state index >= 15 is 0 Å². The zero-order chi connectivity index (χ0) is 18.6. The van der Waals surface area contributed by atoms with Gasteiger partial charge in [-0.05, 0) is 24.5 Å². The molecule has 0 bridgehead atoms. The van der Waals surface area contributed by atoms with E-state index in [2.05, 4.69) is 10.2 Å². The van der Waals surface area contributed by atoms with Crippen molar-refractivity contribution in [1.82, 2.24) is 9.80 Å². The van der Waals surface area contributed by atoms with Crippen LogP contribution in [-0.4, -0.2) is 68.2 Å². The van der Waals surface area contributed by atoms with Crippen molar-refractivity contribution in [1.29, 1.82) is 0 Å². The minimum absolute atomic E-state index is 0.104. The van der Waals surface area contributed by atoms with E-state index in [1.165, 1.54) is 18.2 Å². The Labute approximate surface area is 151 Å². The average molecular weight is 371 g/mol. The summed E-state index contributed by atoms with van der Waals surface area (Å²) in [5.74, 6) is 0.170. The highest BCUT2D eigenvalue weighted by Gasteiger charge is 2.33. The lowest BCUT2D eigenvalue weighted by Gasteiger charge is -2.35. The Kier molecular flexibility index (Phi) is 6.16. The molecule has 1 aromatic carbocycles. The maximum absolute atomic E-state index is 13.0. The second-order valence-electron chi connectivity index (χ2n) is 6.90. The normalized spacial score (nSPS) is 22.5. The summed E-state index contributed by atoms with van der Waals surface area (Å²) in [6.45, 7) is 5.98. The zero-order valence-electron chi connectivity index (χ0n) is 14.6. The van der Waals surface area contributed by atoms with Crippen molar-refractivity contribution in [2.24, 2.45) is 5.92 Å². The third-order valence-electron chi connectivity index (χ3n) is 4.88. The Hall–Kier alpha value is -1.64. The van der Waals surface area contributed by atoms with E-state index < -0.39 is 17.6 Å². The van der Waals surface area contributed by atoms with E-state index in [0.29, 0.717) is 5.92 Å². The van der Waals surface area contributed by atoms with E-state index in [-0.39, 0.29) is 12.2 Å². The lowest BCUT2D eigenvalue weighted by atomic mass is 10.1. The maximum Gasteiger partial charge on any atom is 0.418 e. The Bertz CT molecular complexity index is 610. The Morgan fingerprint density at radius 2 is 1.85 bits per heavy atom. The van der Waals surface area contributed by atoms with Crippen LogP contribution in [0, 0.1) is 5.92 Å². The predicted octanol–water partition coefficient (Wildman–Crippen LogP) is 2.30. The average Bonchev–Trinajstić information content (AvgIpc) is 3.09. The molecule has 1 amide bonds. The number of halogens is 3. The number of ether oxygens (including phenoxy) is 1. The van der Waals surface area contributed by atoms with Crippen LogP contribution in [0.15, 0.2) is 24.3 Å². The van der Waals surface area contributed by atoms with Gasteiger partial charge in [-0.25, -0.2) is 0 Å². The number of piperazine rings is 1. The summed E-state index contributed by atoms with van der Waals surface area (Å²) >= 11 is 0. The first-order chi connectivity index (χ1) is 12.4. The molecular formula is C18H24F3N3O2. The molecule has 1 atom stereocenters.